The van der Waals surface area contributed by atoms with Crippen LogP contribution in [0.15, 0.2) is 97.1 Å². The highest BCUT2D eigenvalue weighted by atomic mass is 31.1. The van der Waals surface area contributed by atoms with E-state index in [-0.39, 0.29) is 22.0 Å². The zero-order valence-electron chi connectivity index (χ0n) is 23.1. The van der Waals surface area contributed by atoms with Gasteiger partial charge in [0.15, 0.2) is 11.7 Å². The van der Waals surface area contributed by atoms with E-state index < -0.39 is 15.8 Å². The zero-order valence-corrected chi connectivity index (χ0v) is 24.9. The molecule has 2 aliphatic heterocycles. The standard InChI is InChI=1S/C34H36O2P2/c1-33(2,3)37-29-25(23-15-9-7-10-16-23)19-13-21-27(29)35-31(37)32-36-28-22-14-20-26(24-17-11-8-12-18-24)30(28)38(32)34(4,5)6/h7-22,31-32H,1-6H3/t31-,32-,37+,38+/m1/s1. The Labute approximate surface area is 229 Å². The molecule has 6 rings (SSSR count). The minimum absolute atomic E-state index is 0.00813. The highest BCUT2D eigenvalue weighted by molar-refractivity contribution is 7.72. The van der Waals surface area contributed by atoms with Crippen LogP contribution in [0.1, 0.15) is 41.5 Å². The summed E-state index contributed by atoms with van der Waals surface area (Å²) in [5.41, 5.74) is 5.11. The average Bonchev–Trinajstić information content (AvgIpc) is 3.48. The molecule has 0 aliphatic carbocycles. The summed E-state index contributed by atoms with van der Waals surface area (Å²) in [5.74, 6) is 2.05. The molecule has 2 heterocycles. The summed E-state index contributed by atoms with van der Waals surface area (Å²) in [7, 11) is -1.38. The summed E-state index contributed by atoms with van der Waals surface area (Å²) >= 11 is 0. The van der Waals surface area contributed by atoms with E-state index >= 15 is 0 Å². The van der Waals surface area contributed by atoms with Gasteiger partial charge in [-0.1, -0.05) is 126 Å². The Morgan fingerprint density at radius 3 is 1.18 bits per heavy atom. The van der Waals surface area contributed by atoms with Crippen LogP contribution in [0.25, 0.3) is 22.3 Å². The van der Waals surface area contributed by atoms with Crippen molar-refractivity contribution in [2.45, 2.75) is 63.5 Å². The summed E-state index contributed by atoms with van der Waals surface area (Å²) in [6.07, 6.45) is 0. The molecule has 0 saturated heterocycles. The quantitative estimate of drug-likeness (QED) is 0.242. The third kappa shape index (κ3) is 4.37. The molecule has 0 bridgehead atoms. The van der Waals surface area contributed by atoms with E-state index in [1.807, 2.05) is 0 Å². The van der Waals surface area contributed by atoms with E-state index in [0.717, 1.165) is 11.5 Å². The van der Waals surface area contributed by atoms with Crippen LogP contribution < -0.4 is 20.1 Å². The van der Waals surface area contributed by atoms with Crippen molar-refractivity contribution in [3.05, 3.63) is 97.1 Å². The van der Waals surface area contributed by atoms with Gasteiger partial charge in [-0.05, 0) is 60.5 Å². The van der Waals surface area contributed by atoms with E-state index in [1.165, 1.54) is 32.9 Å². The Morgan fingerprint density at radius 2 is 0.842 bits per heavy atom. The molecule has 2 nitrogen and oxygen atoms in total. The van der Waals surface area contributed by atoms with Gasteiger partial charge in [0.25, 0.3) is 0 Å². The van der Waals surface area contributed by atoms with Crippen molar-refractivity contribution in [2.75, 3.05) is 0 Å². The van der Waals surface area contributed by atoms with Gasteiger partial charge >= 0.3 is 0 Å². The molecule has 0 fully saturated rings. The molecule has 194 valence electrons. The second-order valence-electron chi connectivity index (χ2n) is 12.1. The molecule has 2 aliphatic rings. The van der Waals surface area contributed by atoms with Crippen LogP contribution in [0.3, 0.4) is 0 Å². The number of benzene rings is 4. The van der Waals surface area contributed by atoms with Gasteiger partial charge in [0.1, 0.15) is 11.5 Å². The van der Waals surface area contributed by atoms with Crippen molar-refractivity contribution in [1.29, 1.82) is 0 Å². The van der Waals surface area contributed by atoms with Gasteiger partial charge in [-0.2, -0.15) is 0 Å². The number of ether oxygens (including phenoxy) is 2. The molecule has 0 unspecified atom stereocenters. The zero-order chi connectivity index (χ0) is 26.7. The molecule has 4 aromatic carbocycles. The first-order valence-corrected chi connectivity index (χ1v) is 16.3. The Bertz CT molecular complexity index is 1340. The summed E-state index contributed by atoms with van der Waals surface area (Å²) in [6.45, 7) is 14.3. The summed E-state index contributed by atoms with van der Waals surface area (Å²) < 4.78 is 14.0. The maximum absolute atomic E-state index is 7.01. The minimum atomic E-state index is -0.692. The Morgan fingerprint density at radius 1 is 0.474 bits per heavy atom. The number of hydrogen-bond donors (Lipinski definition) is 0. The molecular weight excluding hydrogens is 502 g/mol. The summed E-state index contributed by atoms with van der Waals surface area (Å²) in [5, 5.41) is 2.88. The summed E-state index contributed by atoms with van der Waals surface area (Å²) in [4.78, 5) is 0. The van der Waals surface area contributed by atoms with Crippen molar-refractivity contribution in [1.82, 2.24) is 0 Å². The summed E-state index contributed by atoms with van der Waals surface area (Å²) in [6, 6.07) is 34.7. The van der Waals surface area contributed by atoms with Crippen LogP contribution in [0, 0.1) is 0 Å². The molecule has 0 aromatic heterocycles. The van der Waals surface area contributed by atoms with E-state index in [9.17, 15) is 0 Å². The molecule has 0 saturated carbocycles. The lowest BCUT2D eigenvalue weighted by Gasteiger charge is -2.40. The van der Waals surface area contributed by atoms with Gasteiger partial charge in [0.2, 0.25) is 0 Å². The molecule has 4 atom stereocenters. The van der Waals surface area contributed by atoms with Crippen molar-refractivity contribution in [2.24, 2.45) is 0 Å². The fourth-order valence-corrected chi connectivity index (χ4v) is 12.8. The second kappa shape index (κ2) is 9.51. The van der Waals surface area contributed by atoms with Crippen molar-refractivity contribution in [3.63, 3.8) is 0 Å². The number of fused-ring (bicyclic) bond motifs is 2. The first kappa shape index (κ1) is 25.6. The van der Waals surface area contributed by atoms with Crippen molar-refractivity contribution in [3.8, 4) is 33.8 Å². The van der Waals surface area contributed by atoms with Gasteiger partial charge in [-0.15, -0.1) is 0 Å². The lowest BCUT2D eigenvalue weighted by Crippen LogP contribution is -2.38. The Kier molecular flexibility index (Phi) is 6.41. The van der Waals surface area contributed by atoms with Gasteiger partial charge in [0.05, 0.1) is 0 Å². The maximum atomic E-state index is 7.01. The molecule has 0 N–H and O–H groups in total. The lowest BCUT2D eigenvalue weighted by atomic mass is 10.1. The number of rotatable bonds is 3. The van der Waals surface area contributed by atoms with Crippen LogP contribution in [0.4, 0.5) is 0 Å². The molecule has 4 heteroatoms. The maximum Gasteiger partial charge on any atom is 0.162 e. The van der Waals surface area contributed by atoms with E-state index in [2.05, 4.69) is 139 Å². The molecule has 0 spiro atoms. The van der Waals surface area contributed by atoms with Gasteiger partial charge in [-0.25, -0.2) is 0 Å². The highest BCUT2D eigenvalue weighted by Gasteiger charge is 2.55. The lowest BCUT2D eigenvalue weighted by molar-refractivity contribution is 0.171. The topological polar surface area (TPSA) is 18.5 Å². The SMILES string of the molecule is CC(C)(C)[P@@]1c2c(cccc2-c2ccccc2)O[C@H]1[C@@H]1Oc2cccc(-c3ccccc3)c2[P@]1C(C)(C)C. The highest BCUT2D eigenvalue weighted by Crippen LogP contribution is 2.69. The van der Waals surface area contributed by atoms with Gasteiger partial charge in [-0.3, -0.25) is 0 Å². The van der Waals surface area contributed by atoms with Gasteiger partial charge in [0, 0.05) is 10.6 Å². The van der Waals surface area contributed by atoms with Crippen LogP contribution in [0.5, 0.6) is 11.5 Å². The van der Waals surface area contributed by atoms with E-state index in [1.54, 1.807) is 0 Å². The van der Waals surface area contributed by atoms with Crippen LogP contribution in [-0.4, -0.2) is 22.0 Å². The molecule has 4 aromatic rings. The van der Waals surface area contributed by atoms with E-state index in [0.29, 0.717) is 0 Å². The fraction of sp³-hybridized carbons (Fsp3) is 0.294. The Balaban J connectivity index is 1.50. The van der Waals surface area contributed by atoms with Crippen molar-refractivity contribution < 1.29 is 9.47 Å². The molecular formula is C34H36O2P2. The predicted octanol–water partition coefficient (Wildman–Crippen LogP) is 8.97. The monoisotopic (exact) mass is 538 g/mol. The molecule has 38 heavy (non-hydrogen) atoms. The predicted molar refractivity (Wildman–Crippen MR) is 165 cm³/mol. The largest absolute Gasteiger partial charge is 0.481 e. The third-order valence-corrected chi connectivity index (χ3v) is 14.1. The Hall–Kier alpha value is -2.66. The molecule has 0 amide bonds. The van der Waals surface area contributed by atoms with Crippen molar-refractivity contribution >= 4 is 26.5 Å². The first-order chi connectivity index (χ1) is 18.1. The normalized spacial score (nSPS) is 22.4. The van der Waals surface area contributed by atoms with Crippen LogP contribution in [-0.2, 0) is 0 Å². The van der Waals surface area contributed by atoms with Gasteiger partial charge < -0.3 is 9.47 Å². The molecule has 0 radical (unpaired) electrons. The first-order valence-electron chi connectivity index (χ1n) is 13.4. The van der Waals surface area contributed by atoms with Crippen LogP contribution >= 0.6 is 15.8 Å². The number of hydrogen-bond acceptors (Lipinski definition) is 2. The fourth-order valence-electron chi connectivity index (χ4n) is 5.86. The minimum Gasteiger partial charge on any atom is -0.481 e. The second-order valence-corrected chi connectivity index (χ2v) is 18.2. The van der Waals surface area contributed by atoms with E-state index in [4.69, 9.17) is 9.47 Å². The average molecular weight is 539 g/mol. The third-order valence-electron chi connectivity index (χ3n) is 7.34. The van der Waals surface area contributed by atoms with Crippen LogP contribution in [0.2, 0.25) is 0 Å². The smallest absolute Gasteiger partial charge is 0.162 e.